The van der Waals surface area contributed by atoms with Crippen LogP contribution in [0.1, 0.15) is 19.8 Å². The molecule has 0 atom stereocenters. The first kappa shape index (κ1) is 25.0. The first-order valence-electron chi connectivity index (χ1n) is 12.1. The Morgan fingerprint density at radius 3 is 2.29 bits per heavy atom. The van der Waals surface area contributed by atoms with Crippen molar-refractivity contribution in [3.05, 3.63) is 72.5 Å². The molecule has 0 spiro atoms. The Labute approximate surface area is 219 Å². The van der Waals surface area contributed by atoms with E-state index in [1.165, 1.54) is 23.7 Å². The van der Waals surface area contributed by atoms with Gasteiger partial charge in [0.05, 0.1) is 25.5 Å². The van der Waals surface area contributed by atoms with Gasteiger partial charge in [-0.2, -0.15) is 9.78 Å². The summed E-state index contributed by atoms with van der Waals surface area (Å²) in [7, 11) is 3.10. The van der Waals surface area contributed by atoms with Crippen LogP contribution >= 0.6 is 0 Å². The number of rotatable bonds is 8. The Bertz CT molecular complexity index is 1490. The lowest BCUT2D eigenvalue weighted by atomic mass is 10.00. The number of ether oxygens (including phenoxy) is 3. The summed E-state index contributed by atoms with van der Waals surface area (Å²) in [5.74, 6) is 0.386. The highest BCUT2D eigenvalue weighted by atomic mass is 19.1. The summed E-state index contributed by atoms with van der Waals surface area (Å²) >= 11 is 0. The van der Waals surface area contributed by atoms with Gasteiger partial charge in [-0.3, -0.25) is 9.59 Å². The third kappa shape index (κ3) is 5.08. The van der Waals surface area contributed by atoms with Gasteiger partial charge in [-0.1, -0.05) is 12.1 Å². The molecule has 0 radical (unpaired) electrons. The normalized spacial score (nSPS) is 12.6. The number of nitrogens with zero attached hydrogens (tertiary/aromatic N) is 2. The summed E-state index contributed by atoms with van der Waals surface area (Å²) in [6, 6.07) is 18.2. The molecule has 0 aliphatic heterocycles. The van der Waals surface area contributed by atoms with E-state index in [9.17, 15) is 14.0 Å². The van der Waals surface area contributed by atoms with Crippen molar-refractivity contribution in [3.8, 4) is 45.5 Å². The number of amides is 1. The molecule has 194 valence electrons. The van der Waals surface area contributed by atoms with Crippen molar-refractivity contribution in [2.24, 2.45) is 5.92 Å². The molecule has 4 aromatic rings. The number of hydrogen-bond acceptors (Lipinski definition) is 6. The van der Waals surface area contributed by atoms with Crippen LogP contribution < -0.4 is 19.5 Å². The Kier molecular flexibility index (Phi) is 6.83. The zero-order valence-corrected chi connectivity index (χ0v) is 21.2. The van der Waals surface area contributed by atoms with Gasteiger partial charge < -0.3 is 19.5 Å². The summed E-state index contributed by atoms with van der Waals surface area (Å²) in [5.41, 5.74) is 3.47. The Balaban J connectivity index is 1.70. The molecule has 1 fully saturated rings. The number of methoxy groups -OCH3 is 2. The molecule has 9 heteroatoms. The fourth-order valence-corrected chi connectivity index (χ4v) is 4.14. The molecule has 5 rings (SSSR count). The number of anilines is 1. The third-order valence-corrected chi connectivity index (χ3v) is 6.21. The van der Waals surface area contributed by atoms with E-state index in [1.54, 1.807) is 56.7 Å². The van der Waals surface area contributed by atoms with Crippen LogP contribution in [0.2, 0.25) is 0 Å². The predicted molar refractivity (Wildman–Crippen MR) is 140 cm³/mol. The van der Waals surface area contributed by atoms with Crippen molar-refractivity contribution in [1.29, 1.82) is 0 Å². The van der Waals surface area contributed by atoms with Gasteiger partial charge in [0.2, 0.25) is 11.8 Å². The van der Waals surface area contributed by atoms with Crippen molar-refractivity contribution < 1.29 is 28.2 Å². The summed E-state index contributed by atoms with van der Waals surface area (Å²) in [6.45, 7) is 1.30. The highest BCUT2D eigenvalue weighted by Crippen LogP contribution is 2.44. The maximum atomic E-state index is 13.7. The number of benzene rings is 3. The van der Waals surface area contributed by atoms with Crippen molar-refractivity contribution in [1.82, 2.24) is 9.78 Å². The number of hydrogen-bond donors (Lipinski definition) is 1. The summed E-state index contributed by atoms with van der Waals surface area (Å²) in [5, 5.41) is 7.73. The molecule has 3 aromatic carbocycles. The third-order valence-electron chi connectivity index (χ3n) is 6.21. The summed E-state index contributed by atoms with van der Waals surface area (Å²) in [6.07, 6.45) is 1.82. The van der Waals surface area contributed by atoms with E-state index in [0.717, 1.165) is 12.8 Å². The topological polar surface area (TPSA) is 91.7 Å². The average Bonchev–Trinajstić information content (AvgIpc) is 3.71. The fourth-order valence-electron chi connectivity index (χ4n) is 4.14. The molecule has 0 bridgehead atoms. The highest BCUT2D eigenvalue weighted by molar-refractivity contribution is 5.95. The molecule has 0 unspecified atom stereocenters. The molecule has 8 nitrogen and oxygen atoms in total. The van der Waals surface area contributed by atoms with Gasteiger partial charge in [-0.15, -0.1) is 0 Å². The van der Waals surface area contributed by atoms with E-state index in [-0.39, 0.29) is 17.7 Å². The number of carbonyl (C=O) groups is 2. The Hall–Kier alpha value is -4.66. The lowest BCUT2D eigenvalue weighted by molar-refractivity contribution is -0.132. The zero-order valence-electron chi connectivity index (χ0n) is 21.2. The van der Waals surface area contributed by atoms with Crippen molar-refractivity contribution in [2.75, 3.05) is 19.5 Å². The van der Waals surface area contributed by atoms with Crippen molar-refractivity contribution in [3.63, 3.8) is 0 Å². The van der Waals surface area contributed by atoms with Crippen LogP contribution in [0.15, 0.2) is 66.7 Å². The second-order valence-corrected chi connectivity index (χ2v) is 8.92. The van der Waals surface area contributed by atoms with Crippen LogP contribution in [0.5, 0.6) is 17.4 Å². The van der Waals surface area contributed by atoms with Crippen molar-refractivity contribution >= 4 is 17.6 Å². The second-order valence-electron chi connectivity index (χ2n) is 8.92. The average molecular weight is 516 g/mol. The van der Waals surface area contributed by atoms with Crippen LogP contribution in [0.4, 0.5) is 10.1 Å². The van der Waals surface area contributed by atoms with Gasteiger partial charge in [-0.25, -0.2) is 4.39 Å². The van der Waals surface area contributed by atoms with E-state index in [4.69, 9.17) is 19.3 Å². The SMILES string of the molecule is COc1ccc(-c2nn(-c3ccc(F)cc3)c(OC(C)=O)c2-c2ccc(NC(=O)C3CC3)cc2)c(OC)c1. The van der Waals surface area contributed by atoms with Gasteiger partial charge in [0.1, 0.15) is 23.0 Å². The lowest BCUT2D eigenvalue weighted by Crippen LogP contribution is -2.13. The van der Waals surface area contributed by atoms with E-state index < -0.39 is 11.8 Å². The molecule has 1 saturated carbocycles. The number of halogens is 1. The van der Waals surface area contributed by atoms with Crippen LogP contribution in [-0.2, 0) is 9.59 Å². The van der Waals surface area contributed by atoms with Crippen LogP contribution in [-0.4, -0.2) is 35.9 Å². The molecular formula is C29H26FN3O5. The van der Waals surface area contributed by atoms with Crippen molar-refractivity contribution in [2.45, 2.75) is 19.8 Å². The number of aromatic nitrogens is 2. The van der Waals surface area contributed by atoms with E-state index in [0.29, 0.717) is 45.3 Å². The summed E-state index contributed by atoms with van der Waals surface area (Å²) < 4.78 is 31.9. The number of carbonyl (C=O) groups excluding carboxylic acids is 2. The fraction of sp³-hybridized carbons (Fsp3) is 0.207. The molecule has 1 heterocycles. The monoisotopic (exact) mass is 515 g/mol. The highest BCUT2D eigenvalue weighted by Gasteiger charge is 2.30. The van der Waals surface area contributed by atoms with Gasteiger partial charge in [-0.05, 0) is 66.9 Å². The second kappa shape index (κ2) is 10.4. The predicted octanol–water partition coefficient (Wildman–Crippen LogP) is 5.64. The molecule has 1 aliphatic carbocycles. The standard InChI is InChI=1S/C29H26FN3O5/c1-17(34)38-29-26(18-6-10-21(11-7-18)31-28(35)19-4-5-19)27(24-15-14-23(36-2)16-25(24)37-3)32-33(29)22-12-8-20(30)9-13-22/h6-16,19H,4-5H2,1-3H3,(H,31,35). The minimum atomic E-state index is -0.545. The molecule has 1 N–H and O–H groups in total. The molecule has 1 aromatic heterocycles. The molecular weight excluding hydrogens is 489 g/mol. The van der Waals surface area contributed by atoms with Crippen LogP contribution in [0.25, 0.3) is 28.1 Å². The van der Waals surface area contributed by atoms with E-state index in [2.05, 4.69) is 5.32 Å². The van der Waals surface area contributed by atoms with Crippen LogP contribution in [0.3, 0.4) is 0 Å². The van der Waals surface area contributed by atoms with Crippen LogP contribution in [0, 0.1) is 11.7 Å². The first-order chi connectivity index (χ1) is 18.4. The number of esters is 1. The molecule has 1 amide bonds. The zero-order chi connectivity index (χ0) is 26.8. The maximum absolute atomic E-state index is 13.7. The van der Waals surface area contributed by atoms with Gasteiger partial charge >= 0.3 is 5.97 Å². The lowest BCUT2D eigenvalue weighted by Gasteiger charge is -2.12. The maximum Gasteiger partial charge on any atom is 0.309 e. The minimum Gasteiger partial charge on any atom is -0.497 e. The smallest absolute Gasteiger partial charge is 0.309 e. The van der Waals surface area contributed by atoms with E-state index >= 15 is 0 Å². The minimum absolute atomic E-state index is 0.00568. The first-order valence-corrected chi connectivity index (χ1v) is 12.1. The Morgan fingerprint density at radius 2 is 1.68 bits per heavy atom. The van der Waals surface area contributed by atoms with E-state index in [1.807, 2.05) is 12.1 Å². The summed E-state index contributed by atoms with van der Waals surface area (Å²) in [4.78, 5) is 24.4. The molecule has 38 heavy (non-hydrogen) atoms. The quantitative estimate of drug-likeness (QED) is 0.306. The van der Waals surface area contributed by atoms with Gasteiger partial charge in [0, 0.05) is 30.2 Å². The molecule has 0 saturated heterocycles. The largest absolute Gasteiger partial charge is 0.497 e. The van der Waals surface area contributed by atoms with Gasteiger partial charge in [0.15, 0.2) is 0 Å². The molecule has 1 aliphatic rings. The Morgan fingerprint density at radius 1 is 0.974 bits per heavy atom. The van der Waals surface area contributed by atoms with Gasteiger partial charge in [0.25, 0.3) is 0 Å². The number of nitrogens with one attached hydrogen (secondary N) is 1.